The normalized spacial score (nSPS) is 16.1. The summed E-state index contributed by atoms with van der Waals surface area (Å²) >= 11 is 1.73. The molecule has 21 heavy (non-hydrogen) atoms. The first kappa shape index (κ1) is 16.0. The second-order valence-corrected chi connectivity index (χ2v) is 7.51. The average molecular weight is 308 g/mol. The van der Waals surface area contributed by atoms with E-state index >= 15 is 0 Å². The number of hydrogen-bond acceptors (Lipinski definition) is 3. The lowest BCUT2D eigenvalue weighted by Crippen LogP contribution is -2.47. The summed E-state index contributed by atoms with van der Waals surface area (Å²) in [6.45, 7) is 7.37. The van der Waals surface area contributed by atoms with Crippen LogP contribution in [0, 0.1) is 12.3 Å². The predicted molar refractivity (Wildman–Crippen MR) is 85.1 cm³/mol. The molecule has 0 aliphatic heterocycles. The van der Waals surface area contributed by atoms with Crippen LogP contribution in [0.25, 0.3) is 0 Å². The fraction of sp³-hybridized carbons (Fsp3) is 0.625. The van der Waals surface area contributed by atoms with Gasteiger partial charge in [0.15, 0.2) is 0 Å². The summed E-state index contributed by atoms with van der Waals surface area (Å²) in [5.41, 5.74) is -0.192. The molecule has 1 aliphatic rings. The summed E-state index contributed by atoms with van der Waals surface area (Å²) in [6.07, 6.45) is 3.10. The van der Waals surface area contributed by atoms with E-state index in [1.54, 1.807) is 11.3 Å². The Labute approximate surface area is 130 Å². The Hall–Kier alpha value is -1.36. The second kappa shape index (κ2) is 6.60. The van der Waals surface area contributed by atoms with Gasteiger partial charge >= 0.3 is 0 Å². The Morgan fingerprint density at radius 2 is 2.10 bits per heavy atom. The minimum absolute atomic E-state index is 0.0516. The maximum Gasteiger partial charge on any atom is 0.228 e. The summed E-state index contributed by atoms with van der Waals surface area (Å²) in [5.74, 6) is 0.175. The average Bonchev–Trinajstić information content (AvgIpc) is 2.79. The van der Waals surface area contributed by atoms with Gasteiger partial charge in [-0.1, -0.05) is 13.3 Å². The van der Waals surface area contributed by atoms with Crippen LogP contribution in [0.15, 0.2) is 12.1 Å². The zero-order chi connectivity index (χ0) is 15.5. The zero-order valence-corrected chi connectivity index (χ0v) is 13.9. The molecule has 1 aliphatic carbocycles. The van der Waals surface area contributed by atoms with Crippen LogP contribution in [0.4, 0.5) is 0 Å². The number of rotatable bonds is 6. The Bertz CT molecular complexity index is 520. The zero-order valence-electron chi connectivity index (χ0n) is 13.1. The Kier molecular flexibility index (Phi) is 5.04. The number of amides is 2. The van der Waals surface area contributed by atoms with E-state index < -0.39 is 0 Å². The molecule has 0 spiro atoms. The van der Waals surface area contributed by atoms with Crippen LogP contribution in [-0.2, 0) is 16.1 Å². The van der Waals surface area contributed by atoms with Crippen molar-refractivity contribution in [2.24, 2.45) is 5.41 Å². The molecule has 0 aromatic carbocycles. The quantitative estimate of drug-likeness (QED) is 0.878. The maximum absolute atomic E-state index is 12.8. The molecule has 1 aromatic heterocycles. The Morgan fingerprint density at radius 3 is 2.57 bits per heavy atom. The van der Waals surface area contributed by atoms with Gasteiger partial charge in [0.1, 0.15) is 0 Å². The van der Waals surface area contributed by atoms with Crippen LogP contribution < -0.4 is 5.32 Å². The molecule has 1 heterocycles. The molecule has 0 radical (unpaired) electrons. The summed E-state index contributed by atoms with van der Waals surface area (Å²) in [5, 5.41) is 2.78. The highest BCUT2D eigenvalue weighted by molar-refractivity contribution is 7.11. The van der Waals surface area contributed by atoms with Crippen molar-refractivity contribution in [3.8, 4) is 0 Å². The molecule has 0 saturated heterocycles. The molecule has 2 rings (SSSR count). The molecule has 2 amide bonds. The van der Waals surface area contributed by atoms with Crippen molar-refractivity contribution < 1.29 is 9.59 Å². The molecule has 1 fully saturated rings. The summed E-state index contributed by atoms with van der Waals surface area (Å²) < 4.78 is 0. The topological polar surface area (TPSA) is 49.4 Å². The van der Waals surface area contributed by atoms with E-state index in [4.69, 9.17) is 0 Å². The fourth-order valence-corrected chi connectivity index (χ4v) is 3.59. The van der Waals surface area contributed by atoms with Gasteiger partial charge in [-0.05, 0) is 31.9 Å². The van der Waals surface area contributed by atoms with Crippen LogP contribution in [0.5, 0.6) is 0 Å². The van der Waals surface area contributed by atoms with Crippen molar-refractivity contribution in [3.05, 3.63) is 21.9 Å². The third-order valence-electron chi connectivity index (χ3n) is 4.16. The van der Waals surface area contributed by atoms with Gasteiger partial charge in [0.25, 0.3) is 0 Å². The Balaban J connectivity index is 2.02. The highest BCUT2D eigenvalue weighted by Crippen LogP contribution is 2.42. The molecule has 116 valence electrons. The van der Waals surface area contributed by atoms with Gasteiger partial charge in [-0.25, -0.2) is 0 Å². The number of carbonyl (C=O) groups is 2. The molecule has 4 nitrogen and oxygen atoms in total. The minimum Gasteiger partial charge on any atom is -0.355 e. The lowest BCUT2D eigenvalue weighted by atomic mass is 9.69. The van der Waals surface area contributed by atoms with Crippen molar-refractivity contribution >= 4 is 23.2 Å². The number of hydrogen-bond donors (Lipinski definition) is 1. The largest absolute Gasteiger partial charge is 0.355 e. The van der Waals surface area contributed by atoms with E-state index in [0.717, 1.165) is 19.3 Å². The van der Waals surface area contributed by atoms with Gasteiger partial charge in [0, 0.05) is 35.2 Å². The third kappa shape index (κ3) is 4.06. The van der Waals surface area contributed by atoms with Gasteiger partial charge in [0.05, 0.1) is 6.54 Å². The predicted octanol–water partition coefficient (Wildman–Crippen LogP) is 2.71. The highest BCUT2D eigenvalue weighted by Gasteiger charge is 2.41. The van der Waals surface area contributed by atoms with E-state index in [1.807, 2.05) is 4.90 Å². The lowest BCUT2D eigenvalue weighted by Gasteiger charge is -2.40. The SMILES string of the molecule is CC(=O)NCCN(Cc1ccc(C)s1)C(=O)C1(C)CCC1. The van der Waals surface area contributed by atoms with Gasteiger partial charge in [-0.2, -0.15) is 0 Å². The molecule has 0 unspecified atom stereocenters. The van der Waals surface area contributed by atoms with Crippen molar-refractivity contribution in [2.45, 2.75) is 46.6 Å². The molecule has 1 aromatic rings. The first-order valence-electron chi connectivity index (χ1n) is 7.50. The minimum atomic E-state index is -0.192. The molecule has 1 saturated carbocycles. The number of aryl methyl sites for hydroxylation is 1. The molecule has 5 heteroatoms. The maximum atomic E-state index is 12.8. The van der Waals surface area contributed by atoms with Gasteiger partial charge in [-0.3, -0.25) is 9.59 Å². The highest BCUT2D eigenvalue weighted by atomic mass is 32.1. The van der Waals surface area contributed by atoms with Crippen LogP contribution in [0.3, 0.4) is 0 Å². The molecule has 0 bridgehead atoms. The number of thiophene rings is 1. The van der Waals surface area contributed by atoms with E-state index in [1.165, 1.54) is 16.7 Å². The molecule has 1 N–H and O–H groups in total. The van der Waals surface area contributed by atoms with Crippen molar-refractivity contribution in [3.63, 3.8) is 0 Å². The standard InChI is InChI=1S/C16H24N2O2S/c1-12-5-6-14(21-12)11-18(10-9-17-13(2)19)15(20)16(3)7-4-8-16/h5-6H,4,7-11H2,1-3H3,(H,17,19). The first-order valence-corrected chi connectivity index (χ1v) is 8.31. The first-order chi connectivity index (χ1) is 9.90. The van der Waals surface area contributed by atoms with Crippen molar-refractivity contribution in [1.82, 2.24) is 10.2 Å². The second-order valence-electron chi connectivity index (χ2n) is 6.14. The van der Waals surface area contributed by atoms with Crippen molar-refractivity contribution in [2.75, 3.05) is 13.1 Å². The molecule has 0 atom stereocenters. The van der Waals surface area contributed by atoms with Gasteiger partial charge in [-0.15, -0.1) is 11.3 Å². The van der Waals surface area contributed by atoms with E-state index in [2.05, 4.69) is 31.3 Å². The van der Waals surface area contributed by atoms with E-state index in [0.29, 0.717) is 19.6 Å². The summed E-state index contributed by atoms with van der Waals surface area (Å²) in [7, 11) is 0. The number of nitrogens with one attached hydrogen (secondary N) is 1. The smallest absolute Gasteiger partial charge is 0.228 e. The van der Waals surface area contributed by atoms with Crippen LogP contribution >= 0.6 is 11.3 Å². The lowest BCUT2D eigenvalue weighted by molar-refractivity contribution is -0.146. The fourth-order valence-electron chi connectivity index (χ4n) is 2.68. The van der Waals surface area contributed by atoms with Crippen LogP contribution in [-0.4, -0.2) is 29.8 Å². The van der Waals surface area contributed by atoms with Crippen LogP contribution in [0.2, 0.25) is 0 Å². The van der Waals surface area contributed by atoms with Gasteiger partial charge in [0.2, 0.25) is 11.8 Å². The third-order valence-corrected chi connectivity index (χ3v) is 5.14. The monoisotopic (exact) mass is 308 g/mol. The molecular weight excluding hydrogens is 284 g/mol. The number of carbonyl (C=O) groups excluding carboxylic acids is 2. The summed E-state index contributed by atoms with van der Waals surface area (Å²) in [4.78, 5) is 28.1. The van der Waals surface area contributed by atoms with E-state index in [9.17, 15) is 9.59 Å². The number of nitrogens with zero attached hydrogens (tertiary/aromatic N) is 1. The summed E-state index contributed by atoms with van der Waals surface area (Å²) in [6, 6.07) is 4.17. The molecular formula is C16H24N2O2S. The van der Waals surface area contributed by atoms with Gasteiger partial charge < -0.3 is 10.2 Å². The Morgan fingerprint density at radius 1 is 1.38 bits per heavy atom. The van der Waals surface area contributed by atoms with E-state index in [-0.39, 0.29) is 17.2 Å². The van der Waals surface area contributed by atoms with Crippen LogP contribution in [0.1, 0.15) is 42.9 Å². The van der Waals surface area contributed by atoms with Crippen molar-refractivity contribution in [1.29, 1.82) is 0 Å².